The molecule has 2 atom stereocenters. The van der Waals surface area contributed by atoms with Crippen LogP contribution in [0.4, 0.5) is 0 Å². The molecule has 0 saturated carbocycles. The lowest BCUT2D eigenvalue weighted by Gasteiger charge is -2.34. The summed E-state index contributed by atoms with van der Waals surface area (Å²) in [4.78, 5) is 14.5. The topological polar surface area (TPSA) is 74.0 Å². The zero-order valence-electron chi connectivity index (χ0n) is 14.1. The molecule has 1 aromatic carbocycles. The molecule has 2 aliphatic heterocycles. The average molecular weight is 334 g/mol. The largest absolute Gasteiger partial charge is 0.486 e. The Morgan fingerprint density at radius 1 is 1.29 bits per heavy atom. The van der Waals surface area contributed by atoms with Crippen LogP contribution in [-0.2, 0) is 9.53 Å². The van der Waals surface area contributed by atoms with Gasteiger partial charge in [-0.1, -0.05) is 12.1 Å². The number of fused-ring (bicyclic) bond motifs is 1. The van der Waals surface area contributed by atoms with Crippen LogP contribution in [0.3, 0.4) is 0 Å². The summed E-state index contributed by atoms with van der Waals surface area (Å²) >= 11 is 0. The van der Waals surface area contributed by atoms with Crippen molar-refractivity contribution in [3.63, 3.8) is 0 Å². The molecular weight excluding hydrogens is 308 g/mol. The quantitative estimate of drug-likeness (QED) is 0.882. The zero-order valence-corrected chi connectivity index (χ0v) is 14.1. The van der Waals surface area contributed by atoms with E-state index < -0.39 is 6.04 Å². The van der Waals surface area contributed by atoms with Crippen LogP contribution in [0, 0.1) is 5.92 Å². The van der Waals surface area contributed by atoms with Gasteiger partial charge in [0.2, 0.25) is 5.91 Å². The minimum atomic E-state index is -0.467. The Balaban J connectivity index is 1.59. The fourth-order valence-corrected chi connectivity index (χ4v) is 3.26. The van der Waals surface area contributed by atoms with Gasteiger partial charge in [-0.15, -0.1) is 0 Å². The maximum absolute atomic E-state index is 12.8. The van der Waals surface area contributed by atoms with Gasteiger partial charge in [0, 0.05) is 19.8 Å². The molecule has 0 spiro atoms. The van der Waals surface area contributed by atoms with Crippen LogP contribution in [0.15, 0.2) is 24.3 Å². The Hall–Kier alpha value is -1.79. The van der Waals surface area contributed by atoms with Gasteiger partial charge in [0.1, 0.15) is 6.61 Å². The molecular formula is C18H26N2O4. The molecule has 2 heterocycles. The maximum Gasteiger partial charge on any atom is 0.239 e. The van der Waals surface area contributed by atoms with Crippen molar-refractivity contribution in [3.8, 4) is 11.5 Å². The van der Waals surface area contributed by atoms with Crippen molar-refractivity contribution in [1.29, 1.82) is 0 Å². The van der Waals surface area contributed by atoms with E-state index in [0.717, 1.165) is 24.3 Å². The van der Waals surface area contributed by atoms with Gasteiger partial charge in [-0.05, 0) is 37.8 Å². The van der Waals surface area contributed by atoms with E-state index in [1.54, 1.807) is 4.90 Å². The molecule has 1 saturated heterocycles. The summed E-state index contributed by atoms with van der Waals surface area (Å²) in [6.07, 6.45) is 1.52. The summed E-state index contributed by atoms with van der Waals surface area (Å²) in [5, 5.41) is 0. The van der Waals surface area contributed by atoms with E-state index >= 15 is 0 Å². The van der Waals surface area contributed by atoms with Crippen LogP contribution in [-0.4, -0.2) is 55.9 Å². The van der Waals surface area contributed by atoms with E-state index in [2.05, 4.69) is 0 Å². The number of benzene rings is 1. The SMILES string of the molecule is CCN(CC1COc2ccccc2O1)C(=O)C(N)C1CCOCC1. The number of rotatable bonds is 5. The van der Waals surface area contributed by atoms with Crippen molar-refractivity contribution in [1.82, 2.24) is 4.90 Å². The molecule has 3 rings (SSSR count). The summed E-state index contributed by atoms with van der Waals surface area (Å²) in [5.74, 6) is 1.67. The monoisotopic (exact) mass is 334 g/mol. The van der Waals surface area contributed by atoms with Crippen molar-refractivity contribution >= 4 is 5.91 Å². The molecule has 1 aromatic rings. The van der Waals surface area contributed by atoms with Gasteiger partial charge in [0.15, 0.2) is 17.6 Å². The van der Waals surface area contributed by atoms with Gasteiger partial charge < -0.3 is 24.8 Å². The maximum atomic E-state index is 12.8. The third kappa shape index (κ3) is 3.82. The summed E-state index contributed by atoms with van der Waals surface area (Å²) in [5.41, 5.74) is 6.23. The summed E-state index contributed by atoms with van der Waals surface area (Å²) in [6, 6.07) is 7.12. The standard InChI is InChI=1S/C18H26N2O4/c1-2-20(18(21)17(19)13-7-9-22-10-8-13)11-14-12-23-15-5-3-4-6-16(15)24-14/h3-6,13-14,17H,2,7-12,19H2,1H3. The van der Waals surface area contributed by atoms with Gasteiger partial charge in [0.25, 0.3) is 0 Å². The highest BCUT2D eigenvalue weighted by molar-refractivity contribution is 5.82. The molecule has 6 heteroatoms. The number of para-hydroxylation sites is 2. The molecule has 6 nitrogen and oxygen atoms in total. The highest BCUT2D eigenvalue weighted by Gasteiger charge is 2.31. The lowest BCUT2D eigenvalue weighted by Crippen LogP contribution is -2.52. The predicted molar refractivity (Wildman–Crippen MR) is 90.1 cm³/mol. The molecule has 2 N–H and O–H groups in total. The van der Waals surface area contributed by atoms with Gasteiger partial charge in [-0.25, -0.2) is 0 Å². The lowest BCUT2D eigenvalue weighted by atomic mass is 9.91. The first-order valence-corrected chi connectivity index (χ1v) is 8.69. The number of ether oxygens (including phenoxy) is 3. The number of amides is 1. The van der Waals surface area contributed by atoms with Crippen LogP contribution >= 0.6 is 0 Å². The van der Waals surface area contributed by atoms with E-state index in [4.69, 9.17) is 19.9 Å². The van der Waals surface area contributed by atoms with Crippen LogP contribution < -0.4 is 15.2 Å². The Labute approximate surface area is 142 Å². The third-order valence-corrected chi connectivity index (χ3v) is 4.74. The first kappa shape index (κ1) is 17.0. The normalized spacial score (nSPS) is 22.0. The van der Waals surface area contributed by atoms with Crippen LogP contribution in [0.1, 0.15) is 19.8 Å². The van der Waals surface area contributed by atoms with Crippen molar-refractivity contribution in [3.05, 3.63) is 24.3 Å². The van der Waals surface area contributed by atoms with E-state index in [9.17, 15) is 4.79 Å². The van der Waals surface area contributed by atoms with Crippen LogP contribution in [0.5, 0.6) is 11.5 Å². The number of carbonyl (C=O) groups excluding carboxylic acids is 1. The second kappa shape index (κ2) is 7.85. The van der Waals surface area contributed by atoms with Crippen molar-refractivity contribution in [2.75, 3.05) is 32.9 Å². The second-order valence-electron chi connectivity index (χ2n) is 6.35. The highest BCUT2D eigenvalue weighted by atomic mass is 16.6. The Bertz CT molecular complexity index is 560. The minimum Gasteiger partial charge on any atom is -0.486 e. The first-order valence-electron chi connectivity index (χ1n) is 8.69. The Morgan fingerprint density at radius 2 is 2.00 bits per heavy atom. The summed E-state index contributed by atoms with van der Waals surface area (Å²) in [7, 11) is 0. The molecule has 24 heavy (non-hydrogen) atoms. The third-order valence-electron chi connectivity index (χ3n) is 4.74. The second-order valence-corrected chi connectivity index (χ2v) is 6.35. The van der Waals surface area contributed by atoms with Gasteiger partial charge in [-0.3, -0.25) is 4.79 Å². The van der Waals surface area contributed by atoms with Crippen LogP contribution in [0.25, 0.3) is 0 Å². The molecule has 2 aliphatic rings. The van der Waals surface area contributed by atoms with Crippen molar-refractivity contribution < 1.29 is 19.0 Å². The molecule has 0 bridgehead atoms. The molecule has 0 aromatic heterocycles. The van der Waals surface area contributed by atoms with Gasteiger partial charge in [-0.2, -0.15) is 0 Å². The number of nitrogens with zero attached hydrogens (tertiary/aromatic N) is 1. The number of likely N-dealkylation sites (N-methyl/N-ethyl adjacent to an activating group) is 1. The highest BCUT2D eigenvalue weighted by Crippen LogP contribution is 2.31. The van der Waals surface area contributed by atoms with Crippen molar-refractivity contribution in [2.45, 2.75) is 31.9 Å². The predicted octanol–water partition coefficient (Wildman–Crippen LogP) is 1.43. The molecule has 0 radical (unpaired) electrons. The number of carbonyl (C=O) groups is 1. The summed E-state index contributed by atoms with van der Waals surface area (Å²) < 4.78 is 17.0. The first-order chi connectivity index (χ1) is 11.7. The lowest BCUT2D eigenvalue weighted by molar-refractivity contribution is -0.136. The van der Waals surface area contributed by atoms with E-state index in [1.807, 2.05) is 31.2 Å². The molecule has 132 valence electrons. The molecule has 1 fully saturated rings. The Kier molecular flexibility index (Phi) is 5.58. The van der Waals surface area contributed by atoms with Crippen molar-refractivity contribution in [2.24, 2.45) is 11.7 Å². The Morgan fingerprint density at radius 3 is 2.71 bits per heavy atom. The molecule has 0 aliphatic carbocycles. The van der Waals surface area contributed by atoms with E-state index in [1.165, 1.54) is 0 Å². The number of hydrogen-bond acceptors (Lipinski definition) is 5. The number of hydrogen-bond donors (Lipinski definition) is 1. The van der Waals surface area contributed by atoms with Gasteiger partial charge >= 0.3 is 0 Å². The van der Waals surface area contributed by atoms with Crippen LogP contribution in [0.2, 0.25) is 0 Å². The molecule has 2 unspecified atom stereocenters. The molecule has 1 amide bonds. The fourth-order valence-electron chi connectivity index (χ4n) is 3.26. The van der Waals surface area contributed by atoms with Gasteiger partial charge in [0.05, 0.1) is 12.6 Å². The smallest absolute Gasteiger partial charge is 0.239 e. The zero-order chi connectivity index (χ0) is 16.9. The van der Waals surface area contributed by atoms with E-state index in [0.29, 0.717) is 32.9 Å². The summed E-state index contributed by atoms with van der Waals surface area (Å²) in [6.45, 7) is 4.87. The van der Waals surface area contributed by atoms with E-state index in [-0.39, 0.29) is 17.9 Å². The fraction of sp³-hybridized carbons (Fsp3) is 0.611. The number of nitrogens with two attached hydrogens (primary N) is 1. The minimum absolute atomic E-state index is 0.00754. The average Bonchev–Trinajstić information content (AvgIpc) is 2.65.